The third kappa shape index (κ3) is 3.10. The molecule has 8 heteroatoms. The molecule has 1 unspecified atom stereocenters. The Morgan fingerprint density at radius 3 is 2.62 bits per heavy atom. The molecule has 2 heterocycles. The van der Waals surface area contributed by atoms with Gasteiger partial charge in [-0.05, 0) is 42.7 Å². The molecular weight excluding hydrogens is 340 g/mol. The molecule has 1 atom stereocenters. The highest BCUT2D eigenvalue weighted by Gasteiger charge is 2.50. The average Bonchev–Trinajstić information content (AvgIpc) is 3.17. The second kappa shape index (κ2) is 6.70. The summed E-state index contributed by atoms with van der Waals surface area (Å²) < 4.78 is 4.85. The first-order valence-corrected chi connectivity index (χ1v) is 8.34. The van der Waals surface area contributed by atoms with Crippen LogP contribution in [0.25, 0.3) is 6.08 Å². The maximum absolute atomic E-state index is 11.6. The van der Waals surface area contributed by atoms with E-state index in [1.54, 1.807) is 25.1 Å². The molecule has 3 rings (SSSR count). The van der Waals surface area contributed by atoms with Crippen molar-refractivity contribution in [3.8, 4) is 0 Å². The minimum Gasteiger partial charge on any atom is -0.465 e. The van der Waals surface area contributed by atoms with Gasteiger partial charge in [-0.1, -0.05) is 6.07 Å². The van der Waals surface area contributed by atoms with Crippen LogP contribution in [0.15, 0.2) is 24.3 Å². The summed E-state index contributed by atoms with van der Waals surface area (Å²) in [7, 11) is 0. The van der Waals surface area contributed by atoms with Gasteiger partial charge in [0.05, 0.1) is 12.3 Å². The number of anilines is 1. The number of hydrogen-bond acceptors (Lipinski definition) is 4. The monoisotopic (exact) mass is 360 g/mol. The number of esters is 1. The van der Waals surface area contributed by atoms with Crippen LogP contribution in [-0.2, 0) is 14.9 Å². The van der Waals surface area contributed by atoms with Crippen LogP contribution in [0.4, 0.5) is 15.3 Å². The lowest BCUT2D eigenvalue weighted by Gasteiger charge is -2.24. The summed E-state index contributed by atoms with van der Waals surface area (Å²) in [6.45, 7) is 2.86. The molecule has 8 nitrogen and oxygen atoms in total. The average molecular weight is 360 g/mol. The number of carbonyl (C=O) groups is 3. The van der Waals surface area contributed by atoms with Crippen molar-refractivity contribution in [1.82, 2.24) is 4.90 Å². The zero-order chi connectivity index (χ0) is 18.9. The first-order valence-electron chi connectivity index (χ1n) is 8.34. The standard InChI is InChI=1S/C18H20N2O6/c1-2-26-15(21)6-4-12-3-5-14-13(9-12)18(11-20(14)17(24)25)7-8-19(10-18)16(22)23/h3-6,9H,2,7-8,10-11H2,1H3,(H,22,23)(H,24,25). The Balaban J connectivity index is 1.96. The smallest absolute Gasteiger partial charge is 0.411 e. The summed E-state index contributed by atoms with van der Waals surface area (Å²) in [4.78, 5) is 37.0. The fraction of sp³-hybridized carbons (Fsp3) is 0.389. The van der Waals surface area contributed by atoms with Crippen LogP contribution in [0.3, 0.4) is 0 Å². The molecule has 0 aromatic heterocycles. The quantitative estimate of drug-likeness (QED) is 0.633. The van der Waals surface area contributed by atoms with E-state index in [2.05, 4.69) is 0 Å². The van der Waals surface area contributed by atoms with Crippen LogP contribution in [0.1, 0.15) is 24.5 Å². The van der Waals surface area contributed by atoms with Gasteiger partial charge in [0.15, 0.2) is 0 Å². The predicted octanol–water partition coefficient (Wildman–Crippen LogP) is 2.38. The van der Waals surface area contributed by atoms with Crippen molar-refractivity contribution < 1.29 is 29.3 Å². The number of carboxylic acid groups (broad SMARTS) is 2. The fourth-order valence-corrected chi connectivity index (χ4v) is 3.70. The highest BCUT2D eigenvalue weighted by molar-refractivity contribution is 5.91. The summed E-state index contributed by atoms with van der Waals surface area (Å²) >= 11 is 0. The number of likely N-dealkylation sites (tertiary alicyclic amines) is 1. The molecule has 1 spiro atoms. The van der Waals surface area contributed by atoms with Gasteiger partial charge in [0.1, 0.15) is 0 Å². The minimum atomic E-state index is -1.06. The first-order chi connectivity index (χ1) is 12.4. The highest BCUT2D eigenvalue weighted by Crippen LogP contribution is 2.46. The molecule has 26 heavy (non-hydrogen) atoms. The van der Waals surface area contributed by atoms with Crippen molar-refractivity contribution in [2.24, 2.45) is 0 Å². The lowest BCUT2D eigenvalue weighted by Crippen LogP contribution is -2.39. The van der Waals surface area contributed by atoms with Gasteiger partial charge in [0, 0.05) is 31.1 Å². The van der Waals surface area contributed by atoms with Crippen molar-refractivity contribution in [2.75, 3.05) is 31.1 Å². The molecule has 1 saturated heterocycles. The van der Waals surface area contributed by atoms with E-state index in [1.807, 2.05) is 6.07 Å². The molecule has 0 saturated carbocycles. The minimum absolute atomic E-state index is 0.229. The predicted molar refractivity (Wildman–Crippen MR) is 93.4 cm³/mol. The molecule has 2 aliphatic rings. The van der Waals surface area contributed by atoms with Crippen molar-refractivity contribution in [2.45, 2.75) is 18.8 Å². The molecule has 2 N–H and O–H groups in total. The van der Waals surface area contributed by atoms with Crippen molar-refractivity contribution >= 4 is 29.9 Å². The maximum Gasteiger partial charge on any atom is 0.411 e. The number of fused-ring (bicyclic) bond motifs is 2. The maximum atomic E-state index is 11.6. The summed E-state index contributed by atoms with van der Waals surface area (Å²) in [5, 5.41) is 18.8. The lowest BCUT2D eigenvalue weighted by molar-refractivity contribution is -0.137. The van der Waals surface area contributed by atoms with Crippen LogP contribution >= 0.6 is 0 Å². The van der Waals surface area contributed by atoms with Gasteiger partial charge in [0.2, 0.25) is 0 Å². The van der Waals surface area contributed by atoms with E-state index in [9.17, 15) is 24.6 Å². The first kappa shape index (κ1) is 17.8. The van der Waals surface area contributed by atoms with Crippen molar-refractivity contribution in [1.29, 1.82) is 0 Å². The SMILES string of the molecule is CCOC(=O)C=Cc1ccc2c(c1)C1(CCN(C(=O)O)C1)CN2C(=O)O. The second-order valence-corrected chi connectivity index (χ2v) is 6.47. The normalized spacial score (nSPS) is 21.4. The fourth-order valence-electron chi connectivity index (χ4n) is 3.70. The molecule has 1 fully saturated rings. The summed E-state index contributed by atoms with van der Waals surface area (Å²) in [5.41, 5.74) is 1.55. The lowest BCUT2D eigenvalue weighted by atomic mass is 9.81. The number of amides is 2. The van der Waals surface area contributed by atoms with Gasteiger partial charge in [-0.3, -0.25) is 4.90 Å². The van der Waals surface area contributed by atoms with E-state index in [4.69, 9.17) is 4.74 Å². The van der Waals surface area contributed by atoms with E-state index < -0.39 is 23.6 Å². The molecule has 138 valence electrons. The van der Waals surface area contributed by atoms with Gasteiger partial charge < -0.3 is 19.8 Å². The summed E-state index contributed by atoms with van der Waals surface area (Å²) in [6.07, 6.45) is 1.42. The van der Waals surface area contributed by atoms with Gasteiger partial charge in [-0.2, -0.15) is 0 Å². The van der Waals surface area contributed by atoms with Crippen LogP contribution in [0.2, 0.25) is 0 Å². The topological polar surface area (TPSA) is 107 Å². The Kier molecular flexibility index (Phi) is 4.58. The number of nitrogens with zero attached hydrogens (tertiary/aromatic N) is 2. The number of carbonyl (C=O) groups excluding carboxylic acids is 1. The second-order valence-electron chi connectivity index (χ2n) is 6.47. The summed E-state index contributed by atoms with van der Waals surface area (Å²) in [6, 6.07) is 5.26. The molecule has 1 aromatic rings. The molecule has 1 aromatic carbocycles. The molecular formula is C18H20N2O6. The van der Waals surface area contributed by atoms with E-state index in [0.29, 0.717) is 18.7 Å². The van der Waals surface area contributed by atoms with E-state index in [-0.39, 0.29) is 19.7 Å². The third-order valence-corrected chi connectivity index (χ3v) is 4.90. The van der Waals surface area contributed by atoms with Crippen LogP contribution in [-0.4, -0.2) is 59.5 Å². The summed E-state index contributed by atoms with van der Waals surface area (Å²) in [5.74, 6) is -0.451. The van der Waals surface area contributed by atoms with Crippen LogP contribution in [0.5, 0.6) is 0 Å². The van der Waals surface area contributed by atoms with Crippen LogP contribution in [0, 0.1) is 0 Å². The third-order valence-electron chi connectivity index (χ3n) is 4.90. The molecule has 0 radical (unpaired) electrons. The van der Waals surface area contributed by atoms with Gasteiger partial charge in [-0.25, -0.2) is 14.4 Å². The Morgan fingerprint density at radius 2 is 2.00 bits per heavy atom. The van der Waals surface area contributed by atoms with Crippen molar-refractivity contribution in [3.63, 3.8) is 0 Å². The number of ether oxygens (including phenoxy) is 1. The van der Waals surface area contributed by atoms with Crippen LogP contribution < -0.4 is 4.90 Å². The largest absolute Gasteiger partial charge is 0.465 e. The zero-order valence-corrected chi connectivity index (χ0v) is 14.3. The van der Waals surface area contributed by atoms with Crippen molar-refractivity contribution in [3.05, 3.63) is 35.4 Å². The molecule has 0 aliphatic carbocycles. The van der Waals surface area contributed by atoms with E-state index in [1.165, 1.54) is 15.9 Å². The van der Waals surface area contributed by atoms with E-state index >= 15 is 0 Å². The van der Waals surface area contributed by atoms with Gasteiger partial charge in [-0.15, -0.1) is 0 Å². The van der Waals surface area contributed by atoms with Gasteiger partial charge >= 0.3 is 18.2 Å². The zero-order valence-electron chi connectivity index (χ0n) is 14.3. The molecule has 0 bridgehead atoms. The molecule has 2 amide bonds. The Hall–Kier alpha value is -3.03. The highest BCUT2D eigenvalue weighted by atomic mass is 16.5. The number of benzene rings is 1. The Morgan fingerprint density at radius 1 is 1.23 bits per heavy atom. The molecule has 2 aliphatic heterocycles. The number of hydrogen-bond donors (Lipinski definition) is 2. The Labute approximate surface area is 150 Å². The van der Waals surface area contributed by atoms with E-state index in [0.717, 1.165) is 11.1 Å². The number of rotatable bonds is 3. The van der Waals surface area contributed by atoms with Gasteiger partial charge in [0.25, 0.3) is 0 Å². The Bertz CT molecular complexity index is 790.